The number of hydrogen-bond donors (Lipinski definition) is 1. The SMILES string of the molecule is CCCCCCCCCCCCCCCc1c([N+](=O)[O-])cc([N+](=O)[O-])c(OC)c1C(=O)O. The highest BCUT2D eigenvalue weighted by molar-refractivity contribution is 5.96. The van der Waals surface area contributed by atoms with Crippen LogP contribution in [0.4, 0.5) is 11.4 Å². The van der Waals surface area contributed by atoms with Gasteiger partial charge in [-0.2, -0.15) is 0 Å². The van der Waals surface area contributed by atoms with Gasteiger partial charge in [-0.1, -0.05) is 84.0 Å². The Hall–Kier alpha value is -2.71. The maximum Gasteiger partial charge on any atom is 0.340 e. The van der Waals surface area contributed by atoms with E-state index < -0.39 is 38.5 Å². The molecule has 9 heteroatoms. The van der Waals surface area contributed by atoms with E-state index in [9.17, 15) is 30.1 Å². The minimum Gasteiger partial charge on any atom is -0.490 e. The van der Waals surface area contributed by atoms with Crippen molar-refractivity contribution in [1.82, 2.24) is 0 Å². The fourth-order valence-electron chi connectivity index (χ4n) is 3.98. The average Bonchev–Trinajstić information content (AvgIpc) is 2.75. The fraction of sp³-hybridized carbons (Fsp3) is 0.696. The average molecular weight is 453 g/mol. The van der Waals surface area contributed by atoms with Crippen molar-refractivity contribution in [2.75, 3.05) is 7.11 Å². The predicted octanol–water partition coefficient (Wildman–Crippen LogP) is 6.84. The number of nitro groups is 2. The summed E-state index contributed by atoms with van der Waals surface area (Å²) in [6, 6.07) is 0.795. The highest BCUT2D eigenvalue weighted by atomic mass is 16.6. The van der Waals surface area contributed by atoms with E-state index in [4.69, 9.17) is 4.74 Å². The summed E-state index contributed by atoms with van der Waals surface area (Å²) in [6.45, 7) is 2.22. The lowest BCUT2D eigenvalue weighted by Crippen LogP contribution is -2.11. The van der Waals surface area contributed by atoms with Gasteiger partial charge in [0.2, 0.25) is 5.75 Å². The van der Waals surface area contributed by atoms with Gasteiger partial charge in [0.05, 0.1) is 23.0 Å². The topological polar surface area (TPSA) is 133 Å². The smallest absolute Gasteiger partial charge is 0.340 e. The number of rotatable bonds is 18. The van der Waals surface area contributed by atoms with Crippen molar-refractivity contribution < 1.29 is 24.5 Å². The first-order valence-electron chi connectivity index (χ1n) is 11.6. The summed E-state index contributed by atoms with van der Waals surface area (Å²) >= 11 is 0. The second kappa shape index (κ2) is 15.2. The molecule has 9 nitrogen and oxygen atoms in total. The lowest BCUT2D eigenvalue weighted by Gasteiger charge is -2.12. The molecular formula is C23H36N2O7. The van der Waals surface area contributed by atoms with Crippen LogP contribution in [0.15, 0.2) is 6.07 Å². The second-order valence-corrected chi connectivity index (χ2v) is 8.11. The standard InChI is InChI=1S/C23H36N2O7/c1-3-4-5-6-7-8-9-10-11-12-13-14-15-16-18-19(24(28)29)17-20(25(30)31)22(32-2)21(18)23(26)27/h17H,3-16H2,1-2H3,(H,26,27). The van der Waals surface area contributed by atoms with E-state index in [1.54, 1.807) is 0 Å². The monoisotopic (exact) mass is 452 g/mol. The van der Waals surface area contributed by atoms with Gasteiger partial charge in [-0.25, -0.2) is 4.79 Å². The molecule has 0 unspecified atom stereocenters. The van der Waals surface area contributed by atoms with Crippen LogP contribution in [0.25, 0.3) is 0 Å². The first-order valence-corrected chi connectivity index (χ1v) is 11.6. The zero-order chi connectivity index (χ0) is 23.9. The summed E-state index contributed by atoms with van der Waals surface area (Å²) in [6.07, 6.45) is 15.0. The van der Waals surface area contributed by atoms with E-state index in [0.29, 0.717) is 6.42 Å². The lowest BCUT2D eigenvalue weighted by atomic mass is 9.96. The Morgan fingerprint density at radius 2 is 1.28 bits per heavy atom. The van der Waals surface area contributed by atoms with Gasteiger partial charge in [-0.3, -0.25) is 20.2 Å². The van der Waals surface area contributed by atoms with Crippen molar-refractivity contribution >= 4 is 17.3 Å². The number of benzene rings is 1. The van der Waals surface area contributed by atoms with Crippen LogP contribution < -0.4 is 4.74 Å². The molecule has 0 aliphatic carbocycles. The van der Waals surface area contributed by atoms with Crippen LogP contribution in [-0.4, -0.2) is 28.0 Å². The molecule has 180 valence electrons. The van der Waals surface area contributed by atoms with Crippen molar-refractivity contribution in [3.63, 3.8) is 0 Å². The van der Waals surface area contributed by atoms with Gasteiger partial charge in [-0.15, -0.1) is 0 Å². The second-order valence-electron chi connectivity index (χ2n) is 8.11. The number of carbonyl (C=O) groups is 1. The fourth-order valence-corrected chi connectivity index (χ4v) is 3.98. The Balaban J connectivity index is 2.56. The van der Waals surface area contributed by atoms with Crippen molar-refractivity contribution in [2.24, 2.45) is 0 Å². The summed E-state index contributed by atoms with van der Waals surface area (Å²) in [4.78, 5) is 32.8. The number of nitro benzene ring substituents is 2. The molecule has 1 N–H and O–H groups in total. The third-order valence-corrected chi connectivity index (χ3v) is 5.69. The number of aromatic carboxylic acids is 1. The molecule has 0 atom stereocenters. The summed E-state index contributed by atoms with van der Waals surface area (Å²) in [7, 11) is 1.12. The quantitative estimate of drug-likeness (QED) is 0.146. The number of carboxylic acids is 1. The molecule has 0 radical (unpaired) electrons. The van der Waals surface area contributed by atoms with Gasteiger partial charge in [0.25, 0.3) is 5.69 Å². The molecular weight excluding hydrogens is 416 g/mol. The molecule has 0 aliphatic heterocycles. The molecule has 1 aromatic rings. The molecule has 1 aromatic carbocycles. The van der Waals surface area contributed by atoms with Crippen molar-refractivity contribution in [2.45, 2.75) is 96.8 Å². The van der Waals surface area contributed by atoms with Gasteiger partial charge in [0, 0.05) is 5.56 Å². The lowest BCUT2D eigenvalue weighted by molar-refractivity contribution is -0.395. The van der Waals surface area contributed by atoms with Crippen LogP contribution in [0.5, 0.6) is 5.75 Å². The van der Waals surface area contributed by atoms with Crippen molar-refractivity contribution in [3.05, 3.63) is 37.4 Å². The molecule has 0 aromatic heterocycles. The molecule has 0 aliphatic rings. The number of unbranched alkanes of at least 4 members (excludes halogenated alkanes) is 12. The number of methoxy groups -OCH3 is 1. The third kappa shape index (κ3) is 8.80. The molecule has 0 saturated heterocycles. The highest BCUT2D eigenvalue weighted by Crippen LogP contribution is 2.40. The van der Waals surface area contributed by atoms with Crippen LogP contribution in [0.1, 0.15) is 106 Å². The van der Waals surface area contributed by atoms with Crippen LogP contribution >= 0.6 is 0 Å². The zero-order valence-electron chi connectivity index (χ0n) is 19.3. The summed E-state index contributed by atoms with van der Waals surface area (Å²) in [5, 5.41) is 32.3. The van der Waals surface area contributed by atoms with E-state index in [-0.39, 0.29) is 12.0 Å². The molecule has 0 bridgehead atoms. The Labute approximate surface area is 189 Å². The van der Waals surface area contributed by atoms with E-state index in [0.717, 1.165) is 38.9 Å². The van der Waals surface area contributed by atoms with Gasteiger partial charge in [-0.05, 0) is 12.8 Å². The first-order chi connectivity index (χ1) is 15.3. The number of nitrogens with zero attached hydrogens (tertiary/aromatic N) is 2. The van der Waals surface area contributed by atoms with Crippen LogP contribution in [0.3, 0.4) is 0 Å². The highest BCUT2D eigenvalue weighted by Gasteiger charge is 2.33. The normalized spacial score (nSPS) is 10.8. The predicted molar refractivity (Wildman–Crippen MR) is 123 cm³/mol. The van der Waals surface area contributed by atoms with E-state index >= 15 is 0 Å². The summed E-state index contributed by atoms with van der Waals surface area (Å²) in [5.74, 6) is -1.92. The van der Waals surface area contributed by atoms with Gasteiger partial charge < -0.3 is 9.84 Å². The minimum atomic E-state index is -1.47. The molecule has 0 saturated carbocycles. The van der Waals surface area contributed by atoms with Crippen molar-refractivity contribution in [1.29, 1.82) is 0 Å². The minimum absolute atomic E-state index is 0.0203. The van der Waals surface area contributed by atoms with E-state index in [1.807, 2.05) is 0 Å². The maximum absolute atomic E-state index is 11.8. The molecule has 32 heavy (non-hydrogen) atoms. The molecule has 1 rings (SSSR count). The Morgan fingerprint density at radius 3 is 1.66 bits per heavy atom. The van der Waals surface area contributed by atoms with Crippen LogP contribution in [-0.2, 0) is 6.42 Å². The van der Waals surface area contributed by atoms with E-state index in [2.05, 4.69) is 6.92 Å². The number of hydrogen-bond acceptors (Lipinski definition) is 6. The zero-order valence-corrected chi connectivity index (χ0v) is 19.3. The molecule has 0 fully saturated rings. The Kier molecular flexibility index (Phi) is 12.9. The molecule has 0 spiro atoms. The van der Waals surface area contributed by atoms with Gasteiger partial charge in [0.1, 0.15) is 5.56 Å². The van der Waals surface area contributed by atoms with Crippen LogP contribution in [0.2, 0.25) is 0 Å². The number of ether oxygens (including phenoxy) is 1. The van der Waals surface area contributed by atoms with Gasteiger partial charge >= 0.3 is 11.7 Å². The van der Waals surface area contributed by atoms with Crippen molar-refractivity contribution in [3.8, 4) is 5.75 Å². The Bertz CT molecular complexity index is 765. The maximum atomic E-state index is 11.8. The summed E-state index contributed by atoms with van der Waals surface area (Å²) < 4.78 is 4.95. The number of carboxylic acid groups (broad SMARTS) is 1. The summed E-state index contributed by atoms with van der Waals surface area (Å²) in [5.41, 5.74) is -1.78. The van der Waals surface area contributed by atoms with E-state index in [1.165, 1.54) is 51.4 Å². The third-order valence-electron chi connectivity index (χ3n) is 5.69. The van der Waals surface area contributed by atoms with Gasteiger partial charge in [0.15, 0.2) is 0 Å². The molecule has 0 heterocycles. The largest absolute Gasteiger partial charge is 0.490 e. The first kappa shape index (κ1) is 27.3. The Morgan fingerprint density at radius 1 is 0.844 bits per heavy atom. The molecule has 0 amide bonds. The van der Waals surface area contributed by atoms with Crippen LogP contribution in [0, 0.1) is 20.2 Å².